The van der Waals surface area contributed by atoms with Crippen molar-refractivity contribution < 1.29 is 9.59 Å². The Morgan fingerprint density at radius 1 is 0.952 bits per heavy atom. The molecule has 0 N–H and O–H groups in total. The van der Waals surface area contributed by atoms with E-state index >= 15 is 0 Å². The smallest absolute Gasteiger partial charge is 0.196 e. The number of rotatable bonds is 0. The maximum Gasteiger partial charge on any atom is 0.196 e. The third-order valence-corrected chi connectivity index (χ3v) is 4.08. The minimum absolute atomic E-state index is 0.232. The van der Waals surface area contributed by atoms with Crippen LogP contribution in [0.5, 0.6) is 0 Å². The molecule has 21 heavy (non-hydrogen) atoms. The first-order chi connectivity index (χ1) is 10.2. The van der Waals surface area contributed by atoms with Crippen LogP contribution in [0.3, 0.4) is 0 Å². The summed E-state index contributed by atoms with van der Waals surface area (Å²) in [6.45, 7) is 0. The molecule has 2 aromatic carbocycles. The second-order valence-electron chi connectivity index (χ2n) is 4.62. The minimum atomic E-state index is -0.258. The summed E-state index contributed by atoms with van der Waals surface area (Å²) in [5, 5.41) is 9.19. The van der Waals surface area contributed by atoms with Crippen molar-refractivity contribution >= 4 is 34.3 Å². The number of carbonyl (C=O) groups excluding carboxylic acids is 2. The summed E-state index contributed by atoms with van der Waals surface area (Å²) in [6, 6.07) is 10.1. The molecule has 5 nitrogen and oxygen atoms in total. The van der Waals surface area contributed by atoms with Crippen LogP contribution >= 0.6 is 11.7 Å². The van der Waals surface area contributed by atoms with Gasteiger partial charge in [0.1, 0.15) is 17.1 Å². The first kappa shape index (κ1) is 11.9. The van der Waals surface area contributed by atoms with Gasteiger partial charge < -0.3 is 0 Å². The lowest BCUT2D eigenvalue weighted by atomic mass is 9.82. The number of benzene rings is 2. The summed E-state index contributed by atoms with van der Waals surface area (Å²) in [4.78, 5) is 25.2. The molecule has 0 unspecified atom stereocenters. The average molecular weight is 291 g/mol. The van der Waals surface area contributed by atoms with E-state index < -0.39 is 0 Å². The number of nitrogens with zero attached hydrogens (tertiary/aromatic N) is 3. The maximum atomic E-state index is 12.7. The molecule has 0 bridgehead atoms. The van der Waals surface area contributed by atoms with Crippen molar-refractivity contribution in [2.75, 3.05) is 0 Å². The van der Waals surface area contributed by atoms with Gasteiger partial charge in [-0.15, -0.1) is 0 Å². The van der Waals surface area contributed by atoms with Crippen LogP contribution in [-0.2, 0) is 0 Å². The van der Waals surface area contributed by atoms with Crippen LogP contribution in [0.4, 0.5) is 0 Å². The van der Waals surface area contributed by atoms with Crippen LogP contribution in [0.25, 0.3) is 11.0 Å². The summed E-state index contributed by atoms with van der Waals surface area (Å²) >= 11 is 0.925. The normalized spacial score (nSPS) is 12.9. The molecule has 0 atom stereocenters. The van der Waals surface area contributed by atoms with Crippen molar-refractivity contribution in [3.8, 4) is 6.07 Å². The number of nitriles is 1. The van der Waals surface area contributed by atoms with Gasteiger partial charge in [0.05, 0.1) is 22.9 Å². The largest absolute Gasteiger partial charge is 0.289 e. The van der Waals surface area contributed by atoms with E-state index in [0.29, 0.717) is 22.2 Å². The molecule has 1 aliphatic rings. The van der Waals surface area contributed by atoms with Gasteiger partial charge >= 0.3 is 0 Å². The standard InChI is InChI=1S/C15H5N3O2S/c16-6-7-5-10-11(13-12(7)17-21-18-13)15(20)9-4-2-1-3-8(9)14(10)19/h1-5H. The summed E-state index contributed by atoms with van der Waals surface area (Å²) in [5.41, 5.74) is 2.19. The lowest BCUT2D eigenvalue weighted by molar-refractivity contribution is 0.0980. The number of aromatic nitrogens is 2. The highest BCUT2D eigenvalue weighted by Crippen LogP contribution is 2.33. The summed E-state index contributed by atoms with van der Waals surface area (Å²) in [6.07, 6.45) is 0. The number of fused-ring (bicyclic) bond motifs is 4. The highest BCUT2D eigenvalue weighted by atomic mass is 32.1. The summed E-state index contributed by atoms with van der Waals surface area (Å²) in [5.74, 6) is -0.506. The number of carbonyl (C=O) groups is 2. The van der Waals surface area contributed by atoms with Gasteiger partial charge in [0.2, 0.25) is 0 Å². The van der Waals surface area contributed by atoms with Gasteiger partial charge in [-0.3, -0.25) is 9.59 Å². The van der Waals surface area contributed by atoms with E-state index in [-0.39, 0.29) is 28.3 Å². The Labute approximate surface area is 122 Å². The molecule has 1 aromatic heterocycles. The van der Waals surface area contributed by atoms with Crippen LogP contribution in [0, 0.1) is 11.3 Å². The fraction of sp³-hybridized carbons (Fsp3) is 0. The fourth-order valence-electron chi connectivity index (χ4n) is 2.59. The number of hydrogen-bond acceptors (Lipinski definition) is 6. The van der Waals surface area contributed by atoms with E-state index in [1.165, 1.54) is 6.07 Å². The first-order valence-electron chi connectivity index (χ1n) is 6.10. The van der Waals surface area contributed by atoms with Crippen molar-refractivity contribution in [2.45, 2.75) is 0 Å². The molecule has 0 saturated carbocycles. The molecule has 0 spiro atoms. The Morgan fingerprint density at radius 3 is 2.33 bits per heavy atom. The molecule has 0 saturated heterocycles. The second-order valence-corrected chi connectivity index (χ2v) is 5.15. The van der Waals surface area contributed by atoms with Crippen LogP contribution in [0.1, 0.15) is 37.4 Å². The minimum Gasteiger partial charge on any atom is -0.289 e. The van der Waals surface area contributed by atoms with Gasteiger partial charge in [0, 0.05) is 16.7 Å². The van der Waals surface area contributed by atoms with Crippen molar-refractivity contribution in [1.82, 2.24) is 8.75 Å². The molecule has 0 radical (unpaired) electrons. The van der Waals surface area contributed by atoms with Gasteiger partial charge in [-0.25, -0.2) is 0 Å². The van der Waals surface area contributed by atoms with E-state index in [4.69, 9.17) is 0 Å². The lowest BCUT2D eigenvalue weighted by Gasteiger charge is -2.17. The predicted molar refractivity (Wildman–Crippen MR) is 75.4 cm³/mol. The highest BCUT2D eigenvalue weighted by Gasteiger charge is 2.33. The zero-order chi connectivity index (χ0) is 14.6. The van der Waals surface area contributed by atoms with Gasteiger partial charge in [0.15, 0.2) is 11.6 Å². The van der Waals surface area contributed by atoms with Gasteiger partial charge in [-0.1, -0.05) is 24.3 Å². The molecule has 0 aliphatic heterocycles. The van der Waals surface area contributed by atoms with E-state index in [0.717, 1.165) is 11.7 Å². The van der Waals surface area contributed by atoms with Crippen molar-refractivity contribution in [3.63, 3.8) is 0 Å². The molecular weight excluding hydrogens is 286 g/mol. The zero-order valence-electron chi connectivity index (χ0n) is 10.5. The van der Waals surface area contributed by atoms with E-state index in [1.807, 2.05) is 6.07 Å². The quantitative estimate of drug-likeness (QED) is 0.496. The van der Waals surface area contributed by atoms with Crippen LogP contribution in [0.15, 0.2) is 30.3 Å². The Morgan fingerprint density at radius 2 is 1.62 bits per heavy atom. The number of ketones is 2. The van der Waals surface area contributed by atoms with Crippen LogP contribution < -0.4 is 0 Å². The highest BCUT2D eigenvalue weighted by molar-refractivity contribution is 7.00. The Hall–Kier alpha value is -2.91. The topological polar surface area (TPSA) is 83.7 Å². The van der Waals surface area contributed by atoms with E-state index in [9.17, 15) is 14.9 Å². The van der Waals surface area contributed by atoms with Crippen molar-refractivity contribution in [1.29, 1.82) is 5.26 Å². The maximum absolute atomic E-state index is 12.7. The predicted octanol–water partition coefficient (Wildman–Crippen LogP) is 2.34. The molecule has 6 heteroatoms. The Bertz CT molecular complexity index is 998. The SMILES string of the molecule is N#Cc1cc2c(c3nsnc13)C(=O)c1ccccc1C2=O. The number of hydrogen-bond donors (Lipinski definition) is 0. The Kier molecular flexibility index (Phi) is 2.29. The van der Waals surface area contributed by atoms with Gasteiger partial charge in [0.25, 0.3) is 0 Å². The van der Waals surface area contributed by atoms with Crippen LogP contribution in [-0.4, -0.2) is 20.3 Å². The van der Waals surface area contributed by atoms with Crippen molar-refractivity contribution in [2.24, 2.45) is 0 Å². The first-order valence-corrected chi connectivity index (χ1v) is 6.83. The third-order valence-electron chi connectivity index (χ3n) is 3.55. The van der Waals surface area contributed by atoms with Gasteiger partial charge in [-0.2, -0.15) is 14.0 Å². The molecule has 4 rings (SSSR count). The van der Waals surface area contributed by atoms with E-state index in [1.54, 1.807) is 24.3 Å². The molecular formula is C15H5N3O2S. The molecule has 1 aliphatic carbocycles. The van der Waals surface area contributed by atoms with Crippen LogP contribution in [0.2, 0.25) is 0 Å². The fourth-order valence-corrected chi connectivity index (χ4v) is 3.16. The Balaban J connectivity index is 2.17. The molecule has 1 heterocycles. The zero-order valence-corrected chi connectivity index (χ0v) is 11.3. The lowest BCUT2D eigenvalue weighted by Crippen LogP contribution is -2.21. The molecule has 98 valence electrons. The van der Waals surface area contributed by atoms with E-state index in [2.05, 4.69) is 8.75 Å². The average Bonchev–Trinajstić information content (AvgIpc) is 3.00. The molecule has 0 fully saturated rings. The van der Waals surface area contributed by atoms with Gasteiger partial charge in [-0.05, 0) is 6.07 Å². The third kappa shape index (κ3) is 1.43. The monoisotopic (exact) mass is 291 g/mol. The molecule has 0 amide bonds. The molecule has 3 aromatic rings. The van der Waals surface area contributed by atoms with Crippen molar-refractivity contribution in [3.05, 3.63) is 58.1 Å². The second kappa shape index (κ2) is 4.04. The summed E-state index contributed by atoms with van der Waals surface area (Å²) < 4.78 is 8.16. The summed E-state index contributed by atoms with van der Waals surface area (Å²) in [7, 11) is 0.